The van der Waals surface area contributed by atoms with Crippen LogP contribution >= 0.6 is 0 Å². The van der Waals surface area contributed by atoms with Crippen LogP contribution in [-0.2, 0) is 14.3 Å². The standard InChI is InChI=1S/C20H18N2O7/c1-2-28-20(27)13-5-3-4-6-14(13)21-17(23)10-22-15-9-12(19(25)26)7-8-16(15)29-11-18(22)24/h3-9H,2,10-11H2,1H3,(H,21,23)(H,25,26). The molecule has 0 radical (unpaired) electrons. The van der Waals surface area contributed by atoms with Crippen molar-refractivity contribution >= 4 is 35.1 Å². The molecular weight excluding hydrogens is 380 g/mol. The number of carbonyl (C=O) groups excluding carboxylic acids is 3. The SMILES string of the molecule is CCOC(=O)c1ccccc1NC(=O)CN1C(=O)COc2ccc(C(=O)O)cc21. The molecule has 9 nitrogen and oxygen atoms in total. The van der Waals surface area contributed by atoms with Gasteiger partial charge < -0.3 is 19.9 Å². The minimum Gasteiger partial charge on any atom is -0.482 e. The van der Waals surface area contributed by atoms with Gasteiger partial charge in [0, 0.05) is 0 Å². The summed E-state index contributed by atoms with van der Waals surface area (Å²) in [6.45, 7) is 1.21. The number of carbonyl (C=O) groups is 4. The van der Waals surface area contributed by atoms with Gasteiger partial charge in [0.05, 0.1) is 29.1 Å². The summed E-state index contributed by atoms with van der Waals surface area (Å²) < 4.78 is 10.3. The Hall–Kier alpha value is -3.88. The van der Waals surface area contributed by atoms with Gasteiger partial charge >= 0.3 is 11.9 Å². The van der Waals surface area contributed by atoms with Crippen molar-refractivity contribution in [2.75, 3.05) is 30.0 Å². The minimum absolute atomic E-state index is 0.0416. The molecule has 1 aliphatic rings. The van der Waals surface area contributed by atoms with Crippen LogP contribution < -0.4 is 15.0 Å². The lowest BCUT2D eigenvalue weighted by molar-refractivity contribution is -0.123. The van der Waals surface area contributed by atoms with Crippen LogP contribution in [0.5, 0.6) is 5.75 Å². The number of nitrogens with zero attached hydrogens (tertiary/aromatic N) is 1. The quantitative estimate of drug-likeness (QED) is 0.713. The number of esters is 1. The molecule has 2 N–H and O–H groups in total. The first-order chi connectivity index (χ1) is 13.9. The highest BCUT2D eigenvalue weighted by Gasteiger charge is 2.28. The normalized spacial score (nSPS) is 12.6. The van der Waals surface area contributed by atoms with Crippen molar-refractivity contribution in [3.8, 4) is 5.75 Å². The highest BCUT2D eigenvalue weighted by Crippen LogP contribution is 2.33. The van der Waals surface area contributed by atoms with E-state index in [1.54, 1.807) is 25.1 Å². The van der Waals surface area contributed by atoms with Gasteiger partial charge in [0.25, 0.3) is 5.91 Å². The van der Waals surface area contributed by atoms with Crippen molar-refractivity contribution in [1.82, 2.24) is 0 Å². The number of benzene rings is 2. The summed E-state index contributed by atoms with van der Waals surface area (Å²) in [7, 11) is 0. The number of aromatic carboxylic acids is 1. The molecular formula is C20H18N2O7. The average Bonchev–Trinajstić information content (AvgIpc) is 2.70. The Kier molecular flexibility index (Phi) is 5.77. The summed E-state index contributed by atoms with van der Waals surface area (Å²) in [5.74, 6) is -2.51. The maximum atomic E-state index is 12.6. The maximum absolute atomic E-state index is 12.6. The first-order valence-electron chi connectivity index (χ1n) is 8.77. The Morgan fingerprint density at radius 3 is 2.69 bits per heavy atom. The molecule has 2 aromatic carbocycles. The highest BCUT2D eigenvalue weighted by atomic mass is 16.5. The van der Waals surface area contributed by atoms with E-state index in [1.165, 1.54) is 24.3 Å². The summed E-state index contributed by atoms with van der Waals surface area (Å²) in [5, 5.41) is 11.8. The number of carboxylic acids is 1. The Labute approximate surface area is 165 Å². The average molecular weight is 398 g/mol. The molecule has 0 fully saturated rings. The van der Waals surface area contributed by atoms with Gasteiger partial charge in [0.1, 0.15) is 12.3 Å². The van der Waals surface area contributed by atoms with Crippen molar-refractivity contribution in [2.45, 2.75) is 6.92 Å². The molecule has 3 rings (SSSR count). The van der Waals surface area contributed by atoms with Gasteiger partial charge in [0.2, 0.25) is 5.91 Å². The summed E-state index contributed by atoms with van der Waals surface area (Å²) in [4.78, 5) is 49.3. The molecule has 0 unspecified atom stereocenters. The van der Waals surface area contributed by atoms with Crippen LogP contribution in [0, 0.1) is 0 Å². The first-order valence-corrected chi connectivity index (χ1v) is 8.77. The molecule has 0 atom stereocenters. The van der Waals surface area contributed by atoms with Crippen LogP contribution in [0.15, 0.2) is 42.5 Å². The summed E-state index contributed by atoms with van der Waals surface area (Å²) >= 11 is 0. The smallest absolute Gasteiger partial charge is 0.340 e. The van der Waals surface area contributed by atoms with E-state index < -0.39 is 23.8 Å². The monoisotopic (exact) mass is 398 g/mol. The van der Waals surface area contributed by atoms with E-state index >= 15 is 0 Å². The van der Waals surface area contributed by atoms with Gasteiger partial charge in [-0.15, -0.1) is 0 Å². The van der Waals surface area contributed by atoms with Gasteiger partial charge in [-0.25, -0.2) is 9.59 Å². The Balaban J connectivity index is 1.82. The number of rotatable bonds is 6. The van der Waals surface area contributed by atoms with Crippen molar-refractivity contribution in [3.63, 3.8) is 0 Å². The van der Waals surface area contributed by atoms with Gasteiger partial charge in [-0.3, -0.25) is 14.5 Å². The molecule has 0 saturated heterocycles. The van der Waals surface area contributed by atoms with Crippen molar-refractivity contribution in [1.29, 1.82) is 0 Å². The fourth-order valence-electron chi connectivity index (χ4n) is 2.82. The van der Waals surface area contributed by atoms with Crippen LogP contribution in [0.2, 0.25) is 0 Å². The zero-order valence-corrected chi connectivity index (χ0v) is 15.5. The van der Waals surface area contributed by atoms with Crippen LogP contribution in [-0.4, -0.2) is 48.6 Å². The molecule has 9 heteroatoms. The molecule has 2 amide bonds. The van der Waals surface area contributed by atoms with Crippen LogP contribution in [0.3, 0.4) is 0 Å². The number of ether oxygens (including phenoxy) is 2. The molecule has 1 heterocycles. The number of para-hydroxylation sites is 1. The van der Waals surface area contributed by atoms with E-state index in [9.17, 15) is 24.3 Å². The van der Waals surface area contributed by atoms with Crippen LogP contribution in [0.1, 0.15) is 27.6 Å². The third kappa shape index (κ3) is 4.34. The molecule has 2 aromatic rings. The molecule has 1 aliphatic heterocycles. The predicted octanol–water partition coefficient (Wildman–Crippen LogP) is 1.93. The Morgan fingerprint density at radius 1 is 1.21 bits per heavy atom. The lowest BCUT2D eigenvalue weighted by Crippen LogP contribution is -2.43. The van der Waals surface area contributed by atoms with Crippen molar-refractivity contribution < 1.29 is 33.8 Å². The number of hydrogen-bond donors (Lipinski definition) is 2. The van der Waals surface area contributed by atoms with Gasteiger partial charge in [0.15, 0.2) is 6.61 Å². The molecule has 0 saturated carbocycles. The number of fused-ring (bicyclic) bond motifs is 1. The van der Waals surface area contributed by atoms with Gasteiger partial charge in [-0.05, 0) is 37.3 Å². The first kappa shape index (κ1) is 19.9. The van der Waals surface area contributed by atoms with Crippen molar-refractivity contribution in [3.05, 3.63) is 53.6 Å². The number of nitrogens with one attached hydrogen (secondary N) is 1. The van der Waals surface area contributed by atoms with E-state index in [-0.39, 0.29) is 42.3 Å². The lowest BCUT2D eigenvalue weighted by atomic mass is 10.1. The summed E-state index contributed by atoms with van der Waals surface area (Å²) in [5.41, 5.74) is 0.579. The topological polar surface area (TPSA) is 122 Å². The third-order valence-corrected chi connectivity index (χ3v) is 4.15. The Bertz CT molecular complexity index is 987. The molecule has 0 spiro atoms. The van der Waals surface area contributed by atoms with E-state index in [0.717, 1.165) is 4.90 Å². The fraction of sp³-hybridized carbons (Fsp3) is 0.200. The third-order valence-electron chi connectivity index (χ3n) is 4.15. The lowest BCUT2D eigenvalue weighted by Gasteiger charge is -2.29. The van der Waals surface area contributed by atoms with E-state index in [0.29, 0.717) is 5.75 Å². The molecule has 0 bridgehead atoms. The second kappa shape index (κ2) is 8.42. The van der Waals surface area contributed by atoms with E-state index in [1.807, 2.05) is 0 Å². The zero-order chi connectivity index (χ0) is 21.0. The Morgan fingerprint density at radius 2 is 1.97 bits per heavy atom. The van der Waals surface area contributed by atoms with Crippen molar-refractivity contribution in [2.24, 2.45) is 0 Å². The number of carboxylic acid groups (broad SMARTS) is 1. The molecule has 150 valence electrons. The number of hydrogen-bond acceptors (Lipinski definition) is 6. The molecule has 0 aromatic heterocycles. The molecule has 0 aliphatic carbocycles. The van der Waals surface area contributed by atoms with E-state index in [2.05, 4.69) is 5.32 Å². The van der Waals surface area contributed by atoms with Crippen LogP contribution in [0.25, 0.3) is 0 Å². The predicted molar refractivity (Wildman–Crippen MR) is 102 cm³/mol. The van der Waals surface area contributed by atoms with Gasteiger partial charge in [-0.2, -0.15) is 0 Å². The number of anilines is 2. The fourth-order valence-corrected chi connectivity index (χ4v) is 2.82. The van der Waals surface area contributed by atoms with Gasteiger partial charge in [-0.1, -0.05) is 12.1 Å². The molecule has 29 heavy (non-hydrogen) atoms. The second-order valence-electron chi connectivity index (χ2n) is 6.07. The van der Waals surface area contributed by atoms with E-state index in [4.69, 9.17) is 9.47 Å². The summed E-state index contributed by atoms with van der Waals surface area (Å²) in [6.07, 6.45) is 0. The highest BCUT2D eigenvalue weighted by molar-refractivity contribution is 6.07. The maximum Gasteiger partial charge on any atom is 0.340 e. The van der Waals surface area contributed by atoms with Crippen LogP contribution in [0.4, 0.5) is 11.4 Å². The summed E-state index contributed by atoms with van der Waals surface area (Å²) in [6, 6.07) is 10.4. The largest absolute Gasteiger partial charge is 0.482 e. The minimum atomic E-state index is -1.17. The number of amides is 2. The second-order valence-corrected chi connectivity index (χ2v) is 6.07. The zero-order valence-electron chi connectivity index (χ0n) is 15.5.